The zero-order valence-electron chi connectivity index (χ0n) is 14.5. The topological polar surface area (TPSA) is 46.5 Å². The van der Waals surface area contributed by atoms with Gasteiger partial charge in [-0.25, -0.2) is 4.79 Å². The summed E-state index contributed by atoms with van der Waals surface area (Å²) >= 11 is 0. The summed E-state index contributed by atoms with van der Waals surface area (Å²) in [6.07, 6.45) is 3.04. The van der Waals surface area contributed by atoms with Crippen molar-refractivity contribution in [1.82, 2.24) is 9.47 Å². The van der Waals surface area contributed by atoms with Gasteiger partial charge in [0.1, 0.15) is 5.75 Å². The van der Waals surface area contributed by atoms with Crippen molar-refractivity contribution in [3.8, 4) is 5.75 Å². The molecule has 2 amide bonds. The molecule has 0 unspecified atom stereocenters. The van der Waals surface area contributed by atoms with Crippen LogP contribution in [0.4, 0.5) is 10.5 Å². The maximum Gasteiger partial charge on any atom is 0.322 e. The molecule has 0 fully saturated rings. The van der Waals surface area contributed by atoms with Crippen molar-refractivity contribution >= 4 is 22.6 Å². The molecule has 0 atom stereocenters. The zero-order chi connectivity index (χ0) is 17.4. The Morgan fingerprint density at radius 2 is 2.00 bits per heavy atom. The molecular formula is C20H21N3O2. The second-order valence-electron chi connectivity index (χ2n) is 6.41. The number of carbonyl (C=O) groups is 1. The number of anilines is 1. The van der Waals surface area contributed by atoms with Crippen LogP contribution in [0.1, 0.15) is 11.1 Å². The lowest BCUT2D eigenvalue weighted by Gasteiger charge is -2.22. The van der Waals surface area contributed by atoms with Gasteiger partial charge >= 0.3 is 6.03 Å². The minimum absolute atomic E-state index is 0.0835. The van der Waals surface area contributed by atoms with Crippen LogP contribution in [0.2, 0.25) is 0 Å². The number of nitrogens with zero attached hydrogens (tertiary/aromatic N) is 2. The summed E-state index contributed by atoms with van der Waals surface area (Å²) in [5.74, 6) is 0.728. The standard InChI is InChI=1S/C20H21N3O2/c1-22-12-15-9-10-23(13-14-5-3-8-18(22)19(14)15)20(24)21-16-6-4-7-17(11-16)25-2/h3-8,11-12H,9-10,13H2,1-2H3,(H,21,24). The average molecular weight is 335 g/mol. The molecule has 0 aliphatic carbocycles. The fourth-order valence-corrected chi connectivity index (χ4v) is 3.56. The van der Waals surface area contributed by atoms with Crippen LogP contribution in [0.15, 0.2) is 48.7 Å². The van der Waals surface area contributed by atoms with Gasteiger partial charge in [0.25, 0.3) is 0 Å². The van der Waals surface area contributed by atoms with E-state index < -0.39 is 0 Å². The summed E-state index contributed by atoms with van der Waals surface area (Å²) < 4.78 is 7.38. The van der Waals surface area contributed by atoms with E-state index in [9.17, 15) is 4.79 Å². The Labute approximate surface area is 146 Å². The van der Waals surface area contributed by atoms with E-state index in [4.69, 9.17) is 4.74 Å². The molecule has 25 heavy (non-hydrogen) atoms. The summed E-state index contributed by atoms with van der Waals surface area (Å²) in [6.45, 7) is 1.31. The van der Waals surface area contributed by atoms with Crippen LogP contribution in [0.5, 0.6) is 5.75 Å². The molecule has 3 aromatic rings. The van der Waals surface area contributed by atoms with Crippen molar-refractivity contribution in [3.05, 3.63) is 59.8 Å². The van der Waals surface area contributed by atoms with E-state index in [1.165, 1.54) is 22.0 Å². The first-order chi connectivity index (χ1) is 12.2. The van der Waals surface area contributed by atoms with Gasteiger partial charge in [-0.3, -0.25) is 0 Å². The molecule has 4 rings (SSSR count). The van der Waals surface area contributed by atoms with Crippen molar-refractivity contribution in [2.24, 2.45) is 7.05 Å². The fourth-order valence-electron chi connectivity index (χ4n) is 3.56. The second kappa shape index (κ2) is 6.16. The first-order valence-corrected chi connectivity index (χ1v) is 8.41. The quantitative estimate of drug-likeness (QED) is 0.775. The van der Waals surface area contributed by atoms with E-state index in [1.807, 2.05) is 29.2 Å². The second-order valence-corrected chi connectivity index (χ2v) is 6.41. The number of aryl methyl sites for hydroxylation is 1. The Morgan fingerprint density at radius 3 is 2.84 bits per heavy atom. The number of hydrogen-bond acceptors (Lipinski definition) is 2. The predicted octanol–water partition coefficient (Wildman–Crippen LogP) is 3.78. The number of urea groups is 1. The van der Waals surface area contributed by atoms with Crippen LogP contribution in [-0.2, 0) is 20.0 Å². The molecule has 2 aromatic carbocycles. The highest BCUT2D eigenvalue weighted by Crippen LogP contribution is 2.29. The van der Waals surface area contributed by atoms with Crippen molar-refractivity contribution in [1.29, 1.82) is 0 Å². The predicted molar refractivity (Wildman–Crippen MR) is 99.0 cm³/mol. The molecule has 128 valence electrons. The van der Waals surface area contributed by atoms with Gasteiger partial charge in [-0.2, -0.15) is 0 Å². The summed E-state index contributed by atoms with van der Waals surface area (Å²) in [5, 5.41) is 4.27. The lowest BCUT2D eigenvalue weighted by atomic mass is 10.1. The van der Waals surface area contributed by atoms with Gasteiger partial charge < -0.3 is 19.5 Å². The average Bonchev–Trinajstić information content (AvgIpc) is 2.83. The van der Waals surface area contributed by atoms with E-state index in [2.05, 4.69) is 41.3 Å². The SMILES string of the molecule is COc1cccc(NC(=O)N2CCc3cn(C)c4cccc(c34)C2)c1. The number of hydrogen-bond donors (Lipinski definition) is 1. The third-order valence-corrected chi connectivity index (χ3v) is 4.80. The van der Waals surface area contributed by atoms with Crippen LogP contribution < -0.4 is 10.1 Å². The molecule has 0 saturated carbocycles. The molecule has 5 nitrogen and oxygen atoms in total. The zero-order valence-corrected chi connectivity index (χ0v) is 14.5. The maximum atomic E-state index is 12.7. The third kappa shape index (κ3) is 2.82. The van der Waals surface area contributed by atoms with Crippen molar-refractivity contribution in [2.45, 2.75) is 13.0 Å². The minimum atomic E-state index is -0.0835. The molecule has 2 heterocycles. The van der Waals surface area contributed by atoms with Crippen LogP contribution in [-0.4, -0.2) is 29.2 Å². The Hall–Kier alpha value is -2.95. The van der Waals surface area contributed by atoms with Crippen molar-refractivity contribution in [3.63, 3.8) is 0 Å². The van der Waals surface area contributed by atoms with E-state index in [-0.39, 0.29) is 6.03 Å². The van der Waals surface area contributed by atoms with Gasteiger partial charge in [0, 0.05) is 49.0 Å². The first kappa shape index (κ1) is 15.6. The normalized spacial score (nSPS) is 13.6. The van der Waals surface area contributed by atoms with E-state index in [0.29, 0.717) is 13.1 Å². The summed E-state index contributed by atoms with van der Waals surface area (Å²) in [4.78, 5) is 14.6. The molecule has 1 aliphatic rings. The Morgan fingerprint density at radius 1 is 1.16 bits per heavy atom. The maximum absolute atomic E-state index is 12.7. The lowest BCUT2D eigenvalue weighted by molar-refractivity contribution is 0.210. The van der Waals surface area contributed by atoms with Gasteiger partial charge in [-0.15, -0.1) is 0 Å². The molecule has 1 aromatic heterocycles. The van der Waals surface area contributed by atoms with E-state index in [1.54, 1.807) is 7.11 Å². The number of amides is 2. The van der Waals surface area contributed by atoms with Gasteiger partial charge in [-0.1, -0.05) is 18.2 Å². The molecule has 1 N–H and O–H groups in total. The molecule has 1 aliphatic heterocycles. The highest BCUT2D eigenvalue weighted by atomic mass is 16.5. The van der Waals surface area contributed by atoms with E-state index >= 15 is 0 Å². The van der Waals surface area contributed by atoms with Crippen molar-refractivity contribution in [2.75, 3.05) is 19.0 Å². The molecular weight excluding hydrogens is 314 g/mol. The van der Waals surface area contributed by atoms with Gasteiger partial charge in [-0.05, 0) is 35.7 Å². The van der Waals surface area contributed by atoms with Crippen LogP contribution >= 0.6 is 0 Å². The highest BCUT2D eigenvalue weighted by Gasteiger charge is 2.22. The monoisotopic (exact) mass is 335 g/mol. The molecule has 0 bridgehead atoms. The molecule has 5 heteroatoms. The fraction of sp³-hybridized carbons (Fsp3) is 0.250. The Balaban J connectivity index is 1.58. The number of ether oxygens (including phenoxy) is 1. The Kier molecular flexibility index (Phi) is 3.84. The van der Waals surface area contributed by atoms with Crippen molar-refractivity contribution < 1.29 is 9.53 Å². The van der Waals surface area contributed by atoms with Crippen LogP contribution in [0.25, 0.3) is 10.9 Å². The third-order valence-electron chi connectivity index (χ3n) is 4.80. The lowest BCUT2D eigenvalue weighted by Crippen LogP contribution is -2.35. The van der Waals surface area contributed by atoms with Crippen LogP contribution in [0, 0.1) is 0 Å². The van der Waals surface area contributed by atoms with Crippen LogP contribution in [0.3, 0.4) is 0 Å². The minimum Gasteiger partial charge on any atom is -0.497 e. The Bertz CT molecular complexity index is 945. The number of nitrogens with one attached hydrogen (secondary N) is 1. The highest BCUT2D eigenvalue weighted by molar-refractivity contribution is 5.92. The first-order valence-electron chi connectivity index (χ1n) is 8.41. The van der Waals surface area contributed by atoms with E-state index in [0.717, 1.165) is 17.9 Å². The van der Waals surface area contributed by atoms with Gasteiger partial charge in [0.2, 0.25) is 0 Å². The number of aromatic nitrogens is 1. The number of methoxy groups -OCH3 is 1. The van der Waals surface area contributed by atoms with Gasteiger partial charge in [0.05, 0.1) is 7.11 Å². The summed E-state index contributed by atoms with van der Waals surface area (Å²) in [6, 6.07) is 13.6. The molecule has 0 spiro atoms. The smallest absolute Gasteiger partial charge is 0.322 e. The largest absolute Gasteiger partial charge is 0.497 e. The summed E-state index contributed by atoms with van der Waals surface area (Å²) in [5.41, 5.74) is 4.48. The summed E-state index contributed by atoms with van der Waals surface area (Å²) in [7, 11) is 3.69. The molecule has 0 saturated heterocycles. The number of carbonyl (C=O) groups excluding carboxylic acids is 1. The number of benzene rings is 2. The molecule has 0 radical (unpaired) electrons. The van der Waals surface area contributed by atoms with Gasteiger partial charge in [0.15, 0.2) is 0 Å². The number of rotatable bonds is 2.